The summed E-state index contributed by atoms with van der Waals surface area (Å²) in [6.45, 7) is 14.6. The molecule has 6 nitrogen and oxygen atoms in total. The molecule has 3 rings (SSSR count). The van der Waals surface area contributed by atoms with Gasteiger partial charge in [-0.3, -0.25) is 9.69 Å². The lowest BCUT2D eigenvalue weighted by molar-refractivity contribution is -0.133. The number of rotatable bonds is 6. The molecule has 1 aromatic carbocycles. The van der Waals surface area contributed by atoms with E-state index in [1.165, 1.54) is 11.1 Å². The number of hydrogen-bond donors (Lipinski definition) is 0. The van der Waals surface area contributed by atoms with Gasteiger partial charge in [0.25, 0.3) is 0 Å². The highest BCUT2D eigenvalue weighted by molar-refractivity contribution is 5.76. The van der Waals surface area contributed by atoms with Gasteiger partial charge in [0.15, 0.2) is 0 Å². The Balaban J connectivity index is 1.42. The molecule has 0 saturated carbocycles. The molecule has 6 heteroatoms. The van der Waals surface area contributed by atoms with Crippen LogP contribution in [0.15, 0.2) is 28.7 Å². The minimum absolute atomic E-state index is 0.158. The number of benzene rings is 1. The van der Waals surface area contributed by atoms with Crippen LogP contribution in [0, 0.1) is 0 Å². The van der Waals surface area contributed by atoms with Gasteiger partial charge in [0.2, 0.25) is 17.7 Å². The highest BCUT2D eigenvalue weighted by Gasteiger charge is 2.22. The maximum absolute atomic E-state index is 12.6. The van der Waals surface area contributed by atoms with Crippen molar-refractivity contribution in [2.24, 2.45) is 0 Å². The third-order valence-corrected chi connectivity index (χ3v) is 5.51. The van der Waals surface area contributed by atoms with Crippen LogP contribution >= 0.6 is 0 Å². The Kier molecular flexibility index (Phi) is 6.73. The number of carbonyl (C=O) groups excluding carboxylic acids is 1. The fourth-order valence-electron chi connectivity index (χ4n) is 3.49. The Morgan fingerprint density at radius 2 is 1.72 bits per heavy atom. The van der Waals surface area contributed by atoms with Gasteiger partial charge in [-0.1, -0.05) is 58.9 Å². The quantitative estimate of drug-likeness (QED) is 0.741. The lowest BCUT2D eigenvalue weighted by Gasteiger charge is -2.34. The summed E-state index contributed by atoms with van der Waals surface area (Å²) in [7, 11) is 0. The molecule has 1 aliphatic heterocycles. The molecule has 0 atom stereocenters. The monoisotopic (exact) mass is 398 g/mol. The summed E-state index contributed by atoms with van der Waals surface area (Å²) in [5.74, 6) is 1.83. The maximum atomic E-state index is 12.6. The van der Waals surface area contributed by atoms with Crippen molar-refractivity contribution in [2.45, 2.75) is 65.3 Å². The number of amides is 1. The summed E-state index contributed by atoms with van der Waals surface area (Å²) >= 11 is 0. The van der Waals surface area contributed by atoms with E-state index < -0.39 is 0 Å². The SMILES string of the molecule is CC(C)c1nnc(CN2CCN(C(=O)CCc3ccc(C(C)(C)C)cc3)CC2)o1. The van der Waals surface area contributed by atoms with Gasteiger partial charge in [-0.15, -0.1) is 10.2 Å². The molecule has 0 N–H and O–H groups in total. The average Bonchev–Trinajstić information content (AvgIpc) is 3.15. The van der Waals surface area contributed by atoms with E-state index in [-0.39, 0.29) is 17.2 Å². The molecule has 2 heterocycles. The predicted molar refractivity (Wildman–Crippen MR) is 114 cm³/mol. The number of hydrogen-bond acceptors (Lipinski definition) is 5. The second-order valence-corrected chi connectivity index (χ2v) is 9.29. The number of aryl methyl sites for hydroxylation is 1. The highest BCUT2D eigenvalue weighted by Crippen LogP contribution is 2.22. The van der Waals surface area contributed by atoms with Crippen LogP contribution in [-0.4, -0.2) is 52.1 Å². The van der Waals surface area contributed by atoms with Gasteiger partial charge in [0, 0.05) is 38.5 Å². The molecule has 2 aromatic rings. The first-order valence-corrected chi connectivity index (χ1v) is 10.6. The largest absolute Gasteiger partial charge is 0.424 e. The van der Waals surface area contributed by atoms with E-state index >= 15 is 0 Å². The zero-order valence-corrected chi connectivity index (χ0v) is 18.4. The number of piperazine rings is 1. The van der Waals surface area contributed by atoms with E-state index in [0.717, 1.165) is 32.6 Å². The molecule has 158 valence electrons. The van der Waals surface area contributed by atoms with Crippen LogP contribution < -0.4 is 0 Å². The molecule has 1 saturated heterocycles. The zero-order valence-electron chi connectivity index (χ0n) is 18.4. The van der Waals surface area contributed by atoms with E-state index in [1.54, 1.807) is 0 Å². The van der Waals surface area contributed by atoms with Crippen molar-refractivity contribution in [2.75, 3.05) is 26.2 Å². The van der Waals surface area contributed by atoms with E-state index in [1.807, 2.05) is 18.7 Å². The molecule has 0 bridgehead atoms. The lowest BCUT2D eigenvalue weighted by atomic mass is 9.86. The normalized spacial score (nSPS) is 15.9. The zero-order chi connectivity index (χ0) is 21.0. The van der Waals surface area contributed by atoms with Crippen molar-refractivity contribution >= 4 is 5.91 Å². The molecule has 1 aromatic heterocycles. The maximum Gasteiger partial charge on any atom is 0.230 e. The van der Waals surface area contributed by atoms with Gasteiger partial charge in [-0.05, 0) is 23.0 Å². The number of aromatic nitrogens is 2. The topological polar surface area (TPSA) is 62.5 Å². The van der Waals surface area contributed by atoms with Crippen molar-refractivity contribution in [3.8, 4) is 0 Å². The number of nitrogens with zero attached hydrogens (tertiary/aromatic N) is 4. The van der Waals surface area contributed by atoms with Crippen molar-refractivity contribution in [3.05, 3.63) is 47.2 Å². The minimum Gasteiger partial charge on any atom is -0.424 e. The molecule has 1 fully saturated rings. The lowest BCUT2D eigenvalue weighted by Crippen LogP contribution is -2.48. The Morgan fingerprint density at radius 3 is 2.28 bits per heavy atom. The molecule has 1 aliphatic rings. The van der Waals surface area contributed by atoms with Crippen LogP contribution in [0.3, 0.4) is 0 Å². The van der Waals surface area contributed by atoms with Crippen LogP contribution in [-0.2, 0) is 23.2 Å². The first-order chi connectivity index (χ1) is 13.7. The van der Waals surface area contributed by atoms with Crippen molar-refractivity contribution < 1.29 is 9.21 Å². The minimum atomic E-state index is 0.158. The number of carbonyl (C=O) groups is 1. The van der Waals surface area contributed by atoms with Gasteiger partial charge in [-0.2, -0.15) is 0 Å². The molecule has 0 aliphatic carbocycles. The summed E-state index contributed by atoms with van der Waals surface area (Å²) in [5, 5.41) is 8.22. The molecular formula is C23H34N4O2. The summed E-state index contributed by atoms with van der Waals surface area (Å²) in [5.41, 5.74) is 2.71. The van der Waals surface area contributed by atoms with Crippen LogP contribution in [0.25, 0.3) is 0 Å². The van der Waals surface area contributed by atoms with Gasteiger partial charge in [-0.25, -0.2) is 0 Å². The predicted octanol–water partition coefficient (Wildman–Crippen LogP) is 3.77. The van der Waals surface area contributed by atoms with Crippen molar-refractivity contribution in [1.82, 2.24) is 20.0 Å². The third kappa shape index (κ3) is 5.89. The smallest absolute Gasteiger partial charge is 0.230 e. The summed E-state index contributed by atoms with van der Waals surface area (Å²) in [4.78, 5) is 16.9. The Morgan fingerprint density at radius 1 is 1.07 bits per heavy atom. The Bertz CT molecular complexity index is 797. The summed E-state index contributed by atoms with van der Waals surface area (Å²) in [6.07, 6.45) is 1.36. The molecule has 0 unspecified atom stereocenters. The summed E-state index contributed by atoms with van der Waals surface area (Å²) in [6, 6.07) is 8.67. The molecule has 0 radical (unpaired) electrons. The van der Waals surface area contributed by atoms with E-state index in [9.17, 15) is 4.79 Å². The van der Waals surface area contributed by atoms with Gasteiger partial charge >= 0.3 is 0 Å². The van der Waals surface area contributed by atoms with Crippen LogP contribution in [0.2, 0.25) is 0 Å². The fraction of sp³-hybridized carbons (Fsp3) is 0.609. The van der Waals surface area contributed by atoms with Gasteiger partial charge in [0.05, 0.1) is 6.54 Å². The van der Waals surface area contributed by atoms with Crippen molar-refractivity contribution in [1.29, 1.82) is 0 Å². The average molecular weight is 399 g/mol. The van der Waals surface area contributed by atoms with E-state index in [2.05, 4.69) is 60.1 Å². The second kappa shape index (κ2) is 9.08. The standard InChI is InChI=1S/C23H34N4O2/c1-17(2)22-25-24-20(29-22)16-26-12-14-27(15-13-26)21(28)11-8-18-6-9-19(10-7-18)23(3,4)5/h6-7,9-10,17H,8,11-16H2,1-5H3. The molecule has 1 amide bonds. The molecular weight excluding hydrogens is 364 g/mol. The third-order valence-electron chi connectivity index (χ3n) is 5.51. The van der Waals surface area contributed by atoms with Gasteiger partial charge < -0.3 is 9.32 Å². The highest BCUT2D eigenvalue weighted by atomic mass is 16.4. The van der Waals surface area contributed by atoms with E-state index in [0.29, 0.717) is 24.7 Å². The second-order valence-electron chi connectivity index (χ2n) is 9.29. The first kappa shape index (κ1) is 21.5. The van der Waals surface area contributed by atoms with Crippen LogP contribution in [0.4, 0.5) is 0 Å². The fourth-order valence-corrected chi connectivity index (χ4v) is 3.49. The summed E-state index contributed by atoms with van der Waals surface area (Å²) < 4.78 is 5.69. The van der Waals surface area contributed by atoms with Gasteiger partial charge in [0.1, 0.15) is 0 Å². The van der Waals surface area contributed by atoms with Crippen LogP contribution in [0.5, 0.6) is 0 Å². The molecule has 29 heavy (non-hydrogen) atoms. The Hall–Kier alpha value is -2.21. The Labute approximate surface area is 174 Å². The van der Waals surface area contributed by atoms with Crippen LogP contribution in [0.1, 0.15) is 69.9 Å². The first-order valence-electron chi connectivity index (χ1n) is 10.6. The van der Waals surface area contributed by atoms with E-state index in [4.69, 9.17) is 4.42 Å². The molecule has 0 spiro atoms. The van der Waals surface area contributed by atoms with Crippen molar-refractivity contribution in [3.63, 3.8) is 0 Å².